The van der Waals surface area contributed by atoms with Crippen LogP contribution in [0.2, 0.25) is 0 Å². The van der Waals surface area contributed by atoms with Crippen molar-refractivity contribution in [3.05, 3.63) is 29.8 Å². The smallest absolute Gasteiger partial charge is 0.322 e. The number of carboxylic acids is 1. The zero-order chi connectivity index (χ0) is 26.5. The first-order valence-electron chi connectivity index (χ1n) is 10.8. The topological polar surface area (TPSA) is 255 Å². The minimum Gasteiger partial charge on any atom is -0.508 e. The lowest BCUT2D eigenvalue weighted by atomic mass is 10.0. The third-order valence-electron chi connectivity index (χ3n) is 4.82. The van der Waals surface area contributed by atoms with Crippen LogP contribution >= 0.6 is 0 Å². The van der Waals surface area contributed by atoms with E-state index >= 15 is 0 Å². The summed E-state index contributed by atoms with van der Waals surface area (Å²) >= 11 is 0. The highest BCUT2D eigenvalue weighted by Gasteiger charge is 2.29. The van der Waals surface area contributed by atoms with Gasteiger partial charge in [0.25, 0.3) is 0 Å². The number of hydrogen-bond donors (Lipinski definition) is 9. The number of nitrogens with one attached hydrogen (secondary N) is 3. The van der Waals surface area contributed by atoms with Gasteiger partial charge < -0.3 is 48.5 Å². The molecule has 0 aliphatic rings. The molecule has 12 N–H and O–H groups in total. The Morgan fingerprint density at radius 2 is 1.60 bits per heavy atom. The molecule has 0 aliphatic carbocycles. The van der Waals surface area contributed by atoms with E-state index in [2.05, 4.69) is 20.9 Å². The summed E-state index contributed by atoms with van der Waals surface area (Å²) in [6.07, 6.45) is -0.846. The third-order valence-corrected chi connectivity index (χ3v) is 4.82. The Labute approximate surface area is 201 Å². The van der Waals surface area contributed by atoms with Gasteiger partial charge in [0, 0.05) is 13.0 Å². The number of guanidine groups is 1. The molecule has 0 radical (unpaired) electrons. The lowest BCUT2D eigenvalue weighted by Gasteiger charge is -2.24. The summed E-state index contributed by atoms with van der Waals surface area (Å²) < 4.78 is 0. The van der Waals surface area contributed by atoms with E-state index in [1.165, 1.54) is 31.2 Å². The molecule has 194 valence electrons. The van der Waals surface area contributed by atoms with E-state index in [1.807, 2.05) is 0 Å². The Balaban J connectivity index is 3.05. The van der Waals surface area contributed by atoms with Gasteiger partial charge in [-0.25, -0.2) is 0 Å². The number of phenols is 1. The molecule has 1 aromatic carbocycles. The standard InChI is InChI=1S/C21H33N7O7/c1-11(29)17(22)20(35)27-14(3-2-8-25-21(23)24)19(34)28-15(18(33)26-10-16(31)32)9-12-4-6-13(30)7-5-12/h4-7,11,14-15,17,29-30H,2-3,8-10,22H2,1H3,(H,26,33)(H,27,35)(H,28,34)(H,31,32)(H4,23,24,25). The number of benzene rings is 1. The van der Waals surface area contributed by atoms with Crippen LogP contribution in [0.1, 0.15) is 25.3 Å². The fraction of sp³-hybridized carbons (Fsp3) is 0.476. The van der Waals surface area contributed by atoms with Crippen molar-refractivity contribution in [3.63, 3.8) is 0 Å². The van der Waals surface area contributed by atoms with Crippen molar-refractivity contribution in [1.82, 2.24) is 16.0 Å². The molecular formula is C21H33N7O7. The zero-order valence-electron chi connectivity index (χ0n) is 19.3. The SMILES string of the molecule is CC(O)C(N)C(=O)NC(CCCN=C(N)N)C(=O)NC(Cc1ccc(O)cc1)C(=O)NCC(=O)O. The predicted molar refractivity (Wildman–Crippen MR) is 126 cm³/mol. The predicted octanol–water partition coefficient (Wildman–Crippen LogP) is -3.13. The van der Waals surface area contributed by atoms with Crippen LogP contribution in [0.3, 0.4) is 0 Å². The minimum atomic E-state index is -1.30. The van der Waals surface area contributed by atoms with Gasteiger partial charge in [-0.2, -0.15) is 0 Å². The number of nitrogens with two attached hydrogens (primary N) is 3. The summed E-state index contributed by atoms with van der Waals surface area (Å²) in [6, 6.07) is 2.21. The first kappa shape index (κ1) is 29.1. The highest BCUT2D eigenvalue weighted by Crippen LogP contribution is 2.12. The molecule has 14 heteroatoms. The monoisotopic (exact) mass is 495 g/mol. The van der Waals surface area contributed by atoms with E-state index < -0.39 is 54.5 Å². The molecule has 4 unspecified atom stereocenters. The quantitative estimate of drug-likeness (QED) is 0.0712. The number of aliphatic imine (C=N–C) groups is 1. The molecule has 35 heavy (non-hydrogen) atoms. The van der Waals surface area contributed by atoms with E-state index in [1.54, 1.807) is 0 Å². The number of carbonyl (C=O) groups is 4. The van der Waals surface area contributed by atoms with Crippen LogP contribution < -0.4 is 33.2 Å². The van der Waals surface area contributed by atoms with Gasteiger partial charge in [-0.05, 0) is 37.5 Å². The van der Waals surface area contributed by atoms with Gasteiger partial charge in [-0.1, -0.05) is 12.1 Å². The Hall–Kier alpha value is -3.91. The molecule has 4 atom stereocenters. The number of nitrogens with zero attached hydrogens (tertiary/aromatic N) is 1. The van der Waals surface area contributed by atoms with Gasteiger partial charge in [0.1, 0.15) is 30.4 Å². The number of amides is 3. The van der Waals surface area contributed by atoms with E-state index in [4.69, 9.17) is 22.3 Å². The number of carboxylic acid groups (broad SMARTS) is 1. The highest BCUT2D eigenvalue weighted by molar-refractivity contribution is 5.93. The number of phenolic OH excluding ortho intramolecular Hbond substituents is 1. The molecule has 0 fully saturated rings. The average Bonchev–Trinajstić information content (AvgIpc) is 2.79. The van der Waals surface area contributed by atoms with Crippen molar-refractivity contribution in [2.75, 3.05) is 13.1 Å². The largest absolute Gasteiger partial charge is 0.508 e. The van der Waals surface area contributed by atoms with Crippen LogP contribution in [0, 0.1) is 0 Å². The van der Waals surface area contributed by atoms with Crippen molar-refractivity contribution in [2.45, 2.75) is 50.4 Å². The summed E-state index contributed by atoms with van der Waals surface area (Å²) in [5.41, 5.74) is 16.8. The molecule has 0 aromatic heterocycles. The third kappa shape index (κ3) is 11.2. The van der Waals surface area contributed by atoms with Crippen molar-refractivity contribution < 1.29 is 34.5 Å². The van der Waals surface area contributed by atoms with Crippen LogP contribution in [0.4, 0.5) is 0 Å². The Morgan fingerprint density at radius 3 is 2.14 bits per heavy atom. The molecule has 14 nitrogen and oxygen atoms in total. The van der Waals surface area contributed by atoms with Gasteiger partial charge in [0.2, 0.25) is 17.7 Å². The molecule has 1 aromatic rings. The molecule has 3 amide bonds. The maximum atomic E-state index is 13.0. The minimum absolute atomic E-state index is 0.00247. The molecule has 0 saturated heterocycles. The number of hydrogen-bond acceptors (Lipinski definition) is 8. The summed E-state index contributed by atoms with van der Waals surface area (Å²) in [6.45, 7) is 0.821. The summed E-state index contributed by atoms with van der Waals surface area (Å²) in [5.74, 6) is -3.70. The first-order chi connectivity index (χ1) is 16.4. The van der Waals surface area contributed by atoms with Gasteiger partial charge in [0.15, 0.2) is 5.96 Å². The normalized spacial score (nSPS) is 14.0. The fourth-order valence-corrected chi connectivity index (χ4v) is 2.89. The Kier molecular flexibility index (Phi) is 12.0. The molecule has 1 rings (SSSR count). The first-order valence-corrected chi connectivity index (χ1v) is 10.8. The van der Waals surface area contributed by atoms with Gasteiger partial charge in [-0.3, -0.25) is 24.2 Å². The Morgan fingerprint density at radius 1 is 1.00 bits per heavy atom. The maximum Gasteiger partial charge on any atom is 0.322 e. The number of aliphatic hydroxyl groups is 1. The molecule has 0 spiro atoms. The van der Waals surface area contributed by atoms with Gasteiger partial charge >= 0.3 is 5.97 Å². The van der Waals surface area contributed by atoms with Crippen LogP contribution in [0.25, 0.3) is 0 Å². The van der Waals surface area contributed by atoms with E-state index in [0.717, 1.165) is 0 Å². The van der Waals surface area contributed by atoms with Gasteiger partial charge in [-0.15, -0.1) is 0 Å². The van der Waals surface area contributed by atoms with Gasteiger partial charge in [0.05, 0.1) is 6.10 Å². The van der Waals surface area contributed by atoms with Crippen molar-refractivity contribution >= 4 is 29.7 Å². The molecular weight excluding hydrogens is 462 g/mol. The average molecular weight is 496 g/mol. The van der Waals surface area contributed by atoms with Crippen LogP contribution in [0.5, 0.6) is 5.75 Å². The lowest BCUT2D eigenvalue weighted by Crippen LogP contribution is -2.57. The fourth-order valence-electron chi connectivity index (χ4n) is 2.89. The second-order valence-electron chi connectivity index (χ2n) is 7.82. The maximum absolute atomic E-state index is 13.0. The zero-order valence-corrected chi connectivity index (χ0v) is 19.3. The summed E-state index contributed by atoms with van der Waals surface area (Å²) in [5, 5.41) is 35.1. The molecule has 0 saturated carbocycles. The number of carbonyl (C=O) groups excluding carboxylic acids is 3. The molecule has 0 heterocycles. The number of aliphatic carboxylic acids is 1. The van der Waals surface area contributed by atoms with Crippen molar-refractivity contribution in [1.29, 1.82) is 0 Å². The molecule has 0 bridgehead atoms. The summed E-state index contributed by atoms with van der Waals surface area (Å²) in [4.78, 5) is 52.7. The highest BCUT2D eigenvalue weighted by atomic mass is 16.4. The van der Waals surface area contributed by atoms with E-state index in [0.29, 0.717) is 5.56 Å². The van der Waals surface area contributed by atoms with Crippen molar-refractivity contribution in [2.24, 2.45) is 22.2 Å². The second-order valence-corrected chi connectivity index (χ2v) is 7.82. The summed E-state index contributed by atoms with van der Waals surface area (Å²) in [7, 11) is 0. The second kappa shape index (κ2) is 14.4. The van der Waals surface area contributed by atoms with Crippen LogP contribution in [-0.2, 0) is 25.6 Å². The van der Waals surface area contributed by atoms with Crippen molar-refractivity contribution in [3.8, 4) is 5.75 Å². The number of aliphatic hydroxyl groups excluding tert-OH is 1. The Bertz CT molecular complexity index is 902. The number of rotatable bonds is 14. The van der Waals surface area contributed by atoms with Crippen LogP contribution in [0.15, 0.2) is 29.3 Å². The van der Waals surface area contributed by atoms with E-state index in [-0.39, 0.29) is 37.5 Å². The van der Waals surface area contributed by atoms with E-state index in [9.17, 15) is 29.4 Å². The molecule has 0 aliphatic heterocycles. The number of aromatic hydroxyl groups is 1. The lowest BCUT2D eigenvalue weighted by molar-refractivity contribution is -0.138. The van der Waals surface area contributed by atoms with Crippen LogP contribution in [-0.4, -0.2) is 82.3 Å².